The third kappa shape index (κ3) is 3.07. The monoisotopic (exact) mass is 336 g/mol. The van der Waals surface area contributed by atoms with Gasteiger partial charge in [0.25, 0.3) is 0 Å². The summed E-state index contributed by atoms with van der Waals surface area (Å²) in [6, 6.07) is 0. The molecule has 2 heterocycles. The Balaban J connectivity index is 2.19. The zero-order valence-electron chi connectivity index (χ0n) is 11.8. The van der Waals surface area contributed by atoms with Gasteiger partial charge in [-0.1, -0.05) is 0 Å². The molecular weight excluding hydrogens is 320 g/mol. The van der Waals surface area contributed by atoms with Crippen LogP contribution in [-0.2, 0) is 13.1 Å². The quantitative estimate of drug-likeness (QED) is 0.622. The van der Waals surface area contributed by atoms with Crippen LogP contribution in [0.1, 0.15) is 35.6 Å². The van der Waals surface area contributed by atoms with Crippen LogP contribution in [0.15, 0.2) is 22.9 Å². The predicted octanol–water partition coefficient (Wildman–Crippen LogP) is 3.09. The number of aromatic nitrogens is 4. The molecule has 0 bridgehead atoms. The molecule has 6 heteroatoms. The minimum Gasteiger partial charge on any atom is -0.289 e. The van der Waals surface area contributed by atoms with E-state index in [2.05, 4.69) is 26.1 Å². The van der Waals surface area contributed by atoms with Crippen LogP contribution in [0.3, 0.4) is 0 Å². The van der Waals surface area contributed by atoms with Crippen molar-refractivity contribution in [3.63, 3.8) is 0 Å². The van der Waals surface area contributed by atoms with Gasteiger partial charge in [-0.15, -0.1) is 0 Å². The highest BCUT2D eigenvalue weighted by Crippen LogP contribution is 2.17. The smallest absolute Gasteiger partial charge is 0.189 e. The van der Waals surface area contributed by atoms with Crippen LogP contribution in [0.5, 0.6) is 0 Å². The van der Waals surface area contributed by atoms with Crippen LogP contribution in [0, 0.1) is 6.92 Å². The molecule has 5 nitrogen and oxygen atoms in total. The van der Waals surface area contributed by atoms with Crippen LogP contribution in [0.2, 0.25) is 0 Å². The Morgan fingerprint density at radius 2 is 1.90 bits per heavy atom. The van der Waals surface area contributed by atoms with Gasteiger partial charge in [0, 0.05) is 25.5 Å². The van der Waals surface area contributed by atoms with E-state index in [0.717, 1.165) is 29.0 Å². The minimum absolute atomic E-state index is 0.0554. The molecule has 0 radical (unpaired) electrons. The van der Waals surface area contributed by atoms with Gasteiger partial charge >= 0.3 is 0 Å². The first-order chi connectivity index (χ1) is 9.55. The molecule has 0 aliphatic heterocycles. The average molecular weight is 337 g/mol. The number of hydrogen-bond acceptors (Lipinski definition) is 3. The Morgan fingerprint density at radius 3 is 2.45 bits per heavy atom. The summed E-state index contributed by atoms with van der Waals surface area (Å²) >= 11 is 3.43. The molecule has 0 fully saturated rings. The SMILES string of the molecule is CCn1cc(C(=O)/C=C/c2nn(CC)cc2Br)c(C)n1. The van der Waals surface area contributed by atoms with Crippen LogP contribution in [-0.4, -0.2) is 25.3 Å². The third-order valence-corrected chi connectivity index (χ3v) is 3.61. The van der Waals surface area contributed by atoms with E-state index in [1.165, 1.54) is 6.08 Å². The van der Waals surface area contributed by atoms with E-state index in [1.807, 2.05) is 31.6 Å². The maximum Gasteiger partial charge on any atom is 0.189 e. The molecule has 0 aromatic carbocycles. The molecule has 2 aromatic rings. The number of nitrogens with zero attached hydrogens (tertiary/aromatic N) is 4. The van der Waals surface area contributed by atoms with E-state index in [4.69, 9.17) is 0 Å². The Hall–Kier alpha value is -1.69. The minimum atomic E-state index is -0.0554. The lowest BCUT2D eigenvalue weighted by Crippen LogP contribution is -1.96. The number of allylic oxidation sites excluding steroid dienone is 1. The van der Waals surface area contributed by atoms with Crippen LogP contribution >= 0.6 is 15.9 Å². The number of ketones is 1. The van der Waals surface area contributed by atoms with Crippen molar-refractivity contribution in [1.29, 1.82) is 0 Å². The van der Waals surface area contributed by atoms with Gasteiger partial charge in [0.1, 0.15) is 0 Å². The second-order valence-electron chi connectivity index (χ2n) is 4.40. The molecule has 106 valence electrons. The summed E-state index contributed by atoms with van der Waals surface area (Å²) in [5.41, 5.74) is 2.13. The van der Waals surface area contributed by atoms with Crippen molar-refractivity contribution in [2.45, 2.75) is 33.9 Å². The standard InChI is InChI=1S/C14H17BrN4O/c1-4-18-8-11(10(3)16-18)14(20)7-6-13-12(15)9-19(5-2)17-13/h6-9H,4-5H2,1-3H3/b7-6+. The van der Waals surface area contributed by atoms with E-state index >= 15 is 0 Å². The van der Waals surface area contributed by atoms with Gasteiger partial charge in [-0.3, -0.25) is 14.2 Å². The van der Waals surface area contributed by atoms with Gasteiger partial charge in [-0.05, 0) is 48.9 Å². The van der Waals surface area contributed by atoms with E-state index in [-0.39, 0.29) is 5.78 Å². The largest absolute Gasteiger partial charge is 0.289 e. The van der Waals surface area contributed by atoms with Gasteiger partial charge in [0.15, 0.2) is 5.78 Å². The Bertz CT molecular complexity index is 654. The van der Waals surface area contributed by atoms with Gasteiger partial charge < -0.3 is 0 Å². The van der Waals surface area contributed by atoms with Crippen molar-refractivity contribution in [3.05, 3.63) is 39.9 Å². The maximum absolute atomic E-state index is 12.2. The fraction of sp³-hybridized carbons (Fsp3) is 0.357. The summed E-state index contributed by atoms with van der Waals surface area (Å²) in [6.07, 6.45) is 6.94. The summed E-state index contributed by atoms with van der Waals surface area (Å²) in [4.78, 5) is 12.2. The van der Waals surface area contributed by atoms with Gasteiger partial charge in [0.2, 0.25) is 0 Å². The van der Waals surface area contributed by atoms with E-state index in [9.17, 15) is 4.79 Å². The summed E-state index contributed by atoms with van der Waals surface area (Å²) in [6.45, 7) is 7.40. The van der Waals surface area contributed by atoms with E-state index in [0.29, 0.717) is 5.56 Å². The topological polar surface area (TPSA) is 52.7 Å². The third-order valence-electron chi connectivity index (χ3n) is 3.00. The molecule has 0 spiro atoms. The number of hydrogen-bond donors (Lipinski definition) is 0. The fourth-order valence-corrected chi connectivity index (χ4v) is 2.30. The van der Waals surface area contributed by atoms with Crippen molar-refractivity contribution < 1.29 is 4.79 Å². The van der Waals surface area contributed by atoms with E-state index in [1.54, 1.807) is 17.0 Å². The zero-order valence-corrected chi connectivity index (χ0v) is 13.4. The molecule has 0 amide bonds. The molecule has 0 aliphatic rings. The molecule has 0 aliphatic carbocycles. The highest BCUT2D eigenvalue weighted by atomic mass is 79.9. The lowest BCUT2D eigenvalue weighted by Gasteiger charge is -1.92. The highest BCUT2D eigenvalue weighted by Gasteiger charge is 2.11. The second-order valence-corrected chi connectivity index (χ2v) is 5.25. The molecule has 20 heavy (non-hydrogen) atoms. The van der Waals surface area contributed by atoms with Crippen molar-refractivity contribution in [3.8, 4) is 0 Å². The highest BCUT2D eigenvalue weighted by molar-refractivity contribution is 9.10. The first-order valence-corrected chi connectivity index (χ1v) is 7.33. The number of carbonyl (C=O) groups excluding carboxylic acids is 1. The molecule has 0 saturated carbocycles. The van der Waals surface area contributed by atoms with Crippen molar-refractivity contribution >= 4 is 27.8 Å². The molecule has 2 rings (SSSR count). The maximum atomic E-state index is 12.2. The van der Waals surface area contributed by atoms with Crippen molar-refractivity contribution in [2.24, 2.45) is 0 Å². The number of rotatable bonds is 5. The molecule has 2 aromatic heterocycles. The van der Waals surface area contributed by atoms with Gasteiger partial charge in [-0.2, -0.15) is 10.2 Å². The Kier molecular flexibility index (Phi) is 4.54. The normalized spacial score (nSPS) is 11.4. The average Bonchev–Trinajstić information content (AvgIpc) is 2.99. The fourth-order valence-electron chi connectivity index (χ4n) is 1.85. The Labute approximate surface area is 126 Å². The number of carbonyl (C=O) groups is 1. The number of aryl methyl sites for hydroxylation is 3. The van der Waals surface area contributed by atoms with Crippen molar-refractivity contribution in [2.75, 3.05) is 0 Å². The lowest BCUT2D eigenvalue weighted by atomic mass is 10.1. The van der Waals surface area contributed by atoms with Crippen LogP contribution < -0.4 is 0 Å². The summed E-state index contributed by atoms with van der Waals surface area (Å²) < 4.78 is 4.46. The first-order valence-electron chi connectivity index (χ1n) is 6.54. The zero-order chi connectivity index (χ0) is 14.7. The first kappa shape index (κ1) is 14.7. The summed E-state index contributed by atoms with van der Waals surface area (Å²) in [5, 5.41) is 8.62. The van der Waals surface area contributed by atoms with Crippen LogP contribution in [0.25, 0.3) is 6.08 Å². The second kappa shape index (κ2) is 6.17. The van der Waals surface area contributed by atoms with Crippen molar-refractivity contribution in [1.82, 2.24) is 19.6 Å². The summed E-state index contributed by atoms with van der Waals surface area (Å²) in [5.74, 6) is -0.0554. The van der Waals surface area contributed by atoms with Gasteiger partial charge in [-0.25, -0.2) is 0 Å². The number of halogens is 1. The van der Waals surface area contributed by atoms with Gasteiger partial charge in [0.05, 0.1) is 21.4 Å². The molecule has 0 N–H and O–H groups in total. The predicted molar refractivity (Wildman–Crippen MR) is 81.6 cm³/mol. The molecule has 0 atom stereocenters. The van der Waals surface area contributed by atoms with Crippen LogP contribution in [0.4, 0.5) is 0 Å². The molecule has 0 unspecified atom stereocenters. The summed E-state index contributed by atoms with van der Waals surface area (Å²) in [7, 11) is 0. The molecular formula is C14H17BrN4O. The van der Waals surface area contributed by atoms with E-state index < -0.39 is 0 Å². The Morgan fingerprint density at radius 1 is 1.25 bits per heavy atom. The molecule has 0 saturated heterocycles. The lowest BCUT2D eigenvalue weighted by molar-refractivity contribution is 0.104.